The Bertz CT molecular complexity index is 995. The Balaban J connectivity index is 1.71. The van der Waals surface area contributed by atoms with Gasteiger partial charge in [0, 0.05) is 24.2 Å². The summed E-state index contributed by atoms with van der Waals surface area (Å²) < 4.78 is 35.8. The number of piperidine rings is 1. The van der Waals surface area contributed by atoms with Crippen LogP contribution in [-0.4, -0.2) is 48.6 Å². The molecule has 2 fully saturated rings. The number of nitrogens with zero attached hydrogens (tertiary/aromatic N) is 3. The average molecular weight is 452 g/mol. The smallest absolute Gasteiger partial charge is 0.410 e. The highest BCUT2D eigenvalue weighted by Gasteiger charge is 2.52. The molecule has 2 bridgehead atoms. The normalized spacial score (nSPS) is 25.7. The van der Waals surface area contributed by atoms with Crippen molar-refractivity contribution in [3.05, 3.63) is 34.4 Å². The van der Waals surface area contributed by atoms with Gasteiger partial charge in [-0.15, -0.1) is 0 Å². The van der Waals surface area contributed by atoms with Crippen LogP contribution in [0.25, 0.3) is 0 Å². The summed E-state index contributed by atoms with van der Waals surface area (Å²) in [6, 6.07) is 6.13. The molecule has 1 aromatic carbocycles. The summed E-state index contributed by atoms with van der Waals surface area (Å²) in [4.78, 5) is 24.2. The number of rotatable bonds is 5. The van der Waals surface area contributed by atoms with Crippen LogP contribution in [0.2, 0.25) is 0 Å². The molecule has 0 aliphatic carbocycles. The summed E-state index contributed by atoms with van der Waals surface area (Å²) in [5.41, 5.74) is -1.93. The zero-order valence-electron chi connectivity index (χ0n) is 17.6. The molecule has 168 valence electrons. The van der Waals surface area contributed by atoms with Gasteiger partial charge < -0.3 is 9.64 Å². The van der Waals surface area contributed by atoms with Gasteiger partial charge in [0.1, 0.15) is 5.60 Å². The van der Waals surface area contributed by atoms with Crippen molar-refractivity contribution in [2.24, 2.45) is 5.41 Å². The summed E-state index contributed by atoms with van der Waals surface area (Å²) in [7, 11) is -4.20. The first kappa shape index (κ1) is 23.0. The molecule has 0 radical (unpaired) electrons. The molecule has 1 amide bonds. The zero-order valence-corrected chi connectivity index (χ0v) is 18.4. The second kappa shape index (κ2) is 8.09. The van der Waals surface area contributed by atoms with Crippen molar-refractivity contribution in [1.29, 1.82) is 5.26 Å². The van der Waals surface area contributed by atoms with Crippen LogP contribution in [0.4, 0.5) is 10.5 Å². The van der Waals surface area contributed by atoms with Gasteiger partial charge >= 0.3 is 6.09 Å². The fraction of sp³-hybridized carbons (Fsp3) is 0.600. The minimum absolute atomic E-state index is 0.222. The third-order valence-electron chi connectivity index (χ3n) is 5.54. The van der Waals surface area contributed by atoms with E-state index in [9.17, 15) is 28.6 Å². The largest absolute Gasteiger partial charge is 0.444 e. The van der Waals surface area contributed by atoms with Crippen molar-refractivity contribution in [2.75, 3.05) is 6.61 Å². The molecule has 2 aliphatic heterocycles. The van der Waals surface area contributed by atoms with Crippen molar-refractivity contribution < 1.29 is 27.1 Å². The van der Waals surface area contributed by atoms with Crippen molar-refractivity contribution >= 4 is 21.9 Å². The number of ether oxygens (including phenoxy) is 1. The van der Waals surface area contributed by atoms with Crippen LogP contribution in [0.5, 0.6) is 0 Å². The number of benzene rings is 1. The summed E-state index contributed by atoms with van der Waals surface area (Å²) >= 11 is 0. The van der Waals surface area contributed by atoms with Crippen molar-refractivity contribution in [1.82, 2.24) is 4.90 Å². The predicted molar refractivity (Wildman–Crippen MR) is 108 cm³/mol. The van der Waals surface area contributed by atoms with Gasteiger partial charge in [-0.05, 0) is 58.6 Å². The van der Waals surface area contributed by atoms with Crippen molar-refractivity contribution in [2.45, 2.75) is 69.0 Å². The quantitative estimate of drug-likeness (QED) is 0.377. The first-order valence-corrected chi connectivity index (χ1v) is 11.3. The van der Waals surface area contributed by atoms with Gasteiger partial charge in [-0.25, -0.2) is 4.79 Å². The van der Waals surface area contributed by atoms with Gasteiger partial charge in [-0.3, -0.25) is 14.3 Å². The van der Waals surface area contributed by atoms with Crippen LogP contribution >= 0.6 is 0 Å². The first-order valence-electron chi connectivity index (χ1n) is 9.92. The molecule has 0 N–H and O–H groups in total. The Hall–Kier alpha value is -2.71. The number of hydrogen-bond acceptors (Lipinski definition) is 8. The molecular weight excluding hydrogens is 426 g/mol. The monoisotopic (exact) mass is 451 g/mol. The maximum atomic E-state index is 12.6. The van der Waals surface area contributed by atoms with Gasteiger partial charge in [-0.2, -0.15) is 13.7 Å². The van der Waals surface area contributed by atoms with E-state index in [1.807, 2.05) is 0 Å². The van der Waals surface area contributed by atoms with Crippen LogP contribution in [0, 0.1) is 26.9 Å². The third kappa shape index (κ3) is 4.97. The zero-order chi connectivity index (χ0) is 23.0. The second-order valence-electron chi connectivity index (χ2n) is 9.04. The molecule has 2 heterocycles. The molecule has 2 unspecified atom stereocenters. The van der Waals surface area contributed by atoms with E-state index in [0.717, 1.165) is 24.3 Å². The Kier molecular flexibility index (Phi) is 5.99. The fourth-order valence-corrected chi connectivity index (χ4v) is 5.18. The lowest BCUT2D eigenvalue weighted by Crippen LogP contribution is -2.52. The molecule has 31 heavy (non-hydrogen) atoms. The topological polar surface area (TPSA) is 140 Å². The van der Waals surface area contributed by atoms with E-state index >= 15 is 0 Å². The maximum Gasteiger partial charge on any atom is 0.410 e. The Morgan fingerprint density at radius 2 is 1.81 bits per heavy atom. The molecule has 0 spiro atoms. The van der Waals surface area contributed by atoms with E-state index in [1.54, 1.807) is 25.7 Å². The molecule has 2 aliphatic rings. The van der Waals surface area contributed by atoms with Crippen LogP contribution in [0.15, 0.2) is 29.2 Å². The molecule has 2 saturated heterocycles. The highest BCUT2D eigenvalue weighted by atomic mass is 32.2. The minimum Gasteiger partial charge on any atom is -0.444 e. The molecule has 10 nitrogen and oxygen atoms in total. The molecule has 2 atom stereocenters. The highest BCUT2D eigenvalue weighted by molar-refractivity contribution is 7.86. The Morgan fingerprint density at radius 3 is 2.26 bits per heavy atom. The van der Waals surface area contributed by atoms with E-state index in [4.69, 9.17) is 8.92 Å². The van der Waals surface area contributed by atoms with Gasteiger partial charge in [-0.1, -0.05) is 0 Å². The summed E-state index contributed by atoms with van der Waals surface area (Å²) in [6.07, 6.45) is 1.57. The number of non-ortho nitro benzene ring substituents is 1. The van der Waals surface area contributed by atoms with Crippen LogP contribution in [0.1, 0.15) is 46.5 Å². The number of hydrogen-bond donors (Lipinski definition) is 0. The van der Waals surface area contributed by atoms with E-state index < -0.39 is 32.2 Å². The first-order chi connectivity index (χ1) is 14.4. The van der Waals surface area contributed by atoms with Crippen LogP contribution < -0.4 is 0 Å². The SMILES string of the molecule is CC(C)(C)OC(=O)N1C2CCC1CC(C#N)(COS(=O)(=O)c1ccc([N+](=O)[O-])cc1)C2. The molecule has 11 heteroatoms. The number of fused-ring (bicyclic) bond motifs is 2. The lowest BCUT2D eigenvalue weighted by atomic mass is 9.77. The second-order valence-corrected chi connectivity index (χ2v) is 10.7. The van der Waals surface area contributed by atoms with E-state index in [-0.39, 0.29) is 42.1 Å². The van der Waals surface area contributed by atoms with Crippen molar-refractivity contribution in [3.8, 4) is 6.07 Å². The third-order valence-corrected chi connectivity index (χ3v) is 6.82. The van der Waals surface area contributed by atoms with E-state index in [1.165, 1.54) is 0 Å². The number of amides is 1. The van der Waals surface area contributed by atoms with Gasteiger partial charge in [0.25, 0.3) is 15.8 Å². The predicted octanol–water partition coefficient (Wildman–Crippen LogP) is 3.37. The number of nitriles is 1. The highest BCUT2D eigenvalue weighted by Crippen LogP contribution is 2.46. The van der Waals surface area contributed by atoms with Gasteiger partial charge in [0.05, 0.1) is 27.9 Å². The number of nitro groups is 1. The van der Waals surface area contributed by atoms with E-state index in [2.05, 4.69) is 6.07 Å². The molecule has 3 rings (SSSR count). The maximum absolute atomic E-state index is 12.6. The fourth-order valence-electron chi connectivity index (χ4n) is 4.19. The van der Waals surface area contributed by atoms with E-state index in [0.29, 0.717) is 12.8 Å². The standard InChI is InChI=1S/C20H25N3O7S/c1-19(2,3)30-18(24)22-15-4-5-16(22)11-20(10-15,12-21)13-29-31(27,28)17-8-6-14(7-9-17)23(25)26/h6-9,15-16H,4-5,10-11,13H2,1-3H3. The van der Waals surface area contributed by atoms with Crippen molar-refractivity contribution in [3.63, 3.8) is 0 Å². The Labute approximate surface area is 181 Å². The number of carbonyl (C=O) groups excluding carboxylic acids is 1. The molecule has 1 aromatic rings. The van der Waals surface area contributed by atoms with Crippen LogP contribution in [-0.2, 0) is 19.0 Å². The summed E-state index contributed by atoms with van der Waals surface area (Å²) in [5, 5.41) is 20.6. The summed E-state index contributed by atoms with van der Waals surface area (Å²) in [5.74, 6) is 0. The molecule has 0 aromatic heterocycles. The molecular formula is C20H25N3O7S. The van der Waals surface area contributed by atoms with Gasteiger partial charge in [0.2, 0.25) is 0 Å². The lowest BCUT2D eigenvalue weighted by Gasteiger charge is -2.42. The van der Waals surface area contributed by atoms with Crippen LogP contribution in [0.3, 0.4) is 0 Å². The Morgan fingerprint density at radius 1 is 1.26 bits per heavy atom. The average Bonchev–Trinajstić information content (AvgIpc) is 2.97. The number of nitro benzene ring substituents is 1. The summed E-state index contributed by atoms with van der Waals surface area (Å²) in [6.45, 7) is 5.01. The number of carbonyl (C=O) groups is 1. The minimum atomic E-state index is -4.20. The van der Waals surface area contributed by atoms with Gasteiger partial charge in [0.15, 0.2) is 0 Å². The molecule has 0 saturated carbocycles. The lowest BCUT2D eigenvalue weighted by molar-refractivity contribution is -0.384.